The Balaban J connectivity index is 1.36. The van der Waals surface area contributed by atoms with E-state index in [9.17, 15) is 9.59 Å². The van der Waals surface area contributed by atoms with Gasteiger partial charge in [-0.05, 0) is 35.7 Å². The molecule has 0 bridgehead atoms. The van der Waals surface area contributed by atoms with Crippen LogP contribution in [-0.2, 0) is 11.4 Å². The number of likely N-dealkylation sites (tertiary alicyclic amines) is 1. The van der Waals surface area contributed by atoms with E-state index < -0.39 is 5.66 Å². The lowest BCUT2D eigenvalue weighted by Crippen LogP contribution is -2.63. The third-order valence-electron chi connectivity index (χ3n) is 6.89. The van der Waals surface area contributed by atoms with Gasteiger partial charge in [-0.15, -0.1) is 0 Å². The van der Waals surface area contributed by atoms with Crippen LogP contribution >= 0.6 is 0 Å². The van der Waals surface area contributed by atoms with Crippen molar-refractivity contribution < 1.29 is 14.0 Å². The second-order valence-electron chi connectivity index (χ2n) is 9.26. The molecular formula is C26H29N3O4. The van der Waals surface area contributed by atoms with E-state index >= 15 is 0 Å². The Morgan fingerprint density at radius 3 is 2.61 bits per heavy atom. The number of rotatable bonds is 4. The monoisotopic (exact) mass is 447 g/mol. The molecule has 1 N–H and O–H groups in total. The highest BCUT2D eigenvalue weighted by atomic mass is 16.7. The number of hydrogen-bond donors (Lipinski definition) is 1. The van der Waals surface area contributed by atoms with Crippen LogP contribution in [0.15, 0.2) is 57.9 Å². The van der Waals surface area contributed by atoms with Crippen molar-refractivity contribution in [2.75, 3.05) is 25.5 Å². The highest BCUT2D eigenvalue weighted by molar-refractivity contribution is 6.01. The highest BCUT2D eigenvalue weighted by Gasteiger charge is 2.47. The molecule has 172 valence electrons. The molecule has 7 nitrogen and oxygen atoms in total. The number of fused-ring (bicyclic) bond motifs is 2. The number of nitrogens with zero attached hydrogens (tertiary/aromatic N) is 2. The molecule has 0 radical (unpaired) electrons. The first-order valence-electron chi connectivity index (χ1n) is 11.4. The molecule has 1 saturated heterocycles. The molecular weight excluding hydrogens is 418 g/mol. The summed E-state index contributed by atoms with van der Waals surface area (Å²) in [5.41, 5.74) is 3.27. The van der Waals surface area contributed by atoms with Crippen molar-refractivity contribution in [2.45, 2.75) is 44.8 Å². The normalized spacial score (nSPS) is 18.1. The van der Waals surface area contributed by atoms with E-state index in [1.807, 2.05) is 42.5 Å². The molecule has 1 fully saturated rings. The van der Waals surface area contributed by atoms with Gasteiger partial charge in [0.15, 0.2) is 5.43 Å². The van der Waals surface area contributed by atoms with Crippen LogP contribution in [-0.4, -0.2) is 41.7 Å². The summed E-state index contributed by atoms with van der Waals surface area (Å²) in [4.78, 5) is 34.0. The van der Waals surface area contributed by atoms with Crippen molar-refractivity contribution in [1.29, 1.82) is 0 Å². The Kier molecular flexibility index (Phi) is 5.46. The number of amides is 1. The maximum atomic E-state index is 13.2. The van der Waals surface area contributed by atoms with Gasteiger partial charge in [0.05, 0.1) is 24.3 Å². The fourth-order valence-electron chi connectivity index (χ4n) is 4.95. The van der Waals surface area contributed by atoms with Gasteiger partial charge in [0.25, 0.3) is 5.91 Å². The van der Waals surface area contributed by atoms with Gasteiger partial charge in [-0.1, -0.05) is 32.0 Å². The molecule has 5 rings (SSSR count). The molecule has 0 saturated carbocycles. The molecule has 2 aromatic carbocycles. The van der Waals surface area contributed by atoms with E-state index in [0.717, 1.165) is 11.3 Å². The summed E-state index contributed by atoms with van der Waals surface area (Å²) in [6.07, 6.45) is 2.94. The van der Waals surface area contributed by atoms with E-state index in [1.165, 1.54) is 12.2 Å². The van der Waals surface area contributed by atoms with Gasteiger partial charge >= 0.3 is 0 Å². The number of piperidine rings is 1. The minimum atomic E-state index is -0.600. The number of para-hydroxylation sites is 1. The van der Waals surface area contributed by atoms with E-state index in [4.69, 9.17) is 9.25 Å². The van der Waals surface area contributed by atoms with E-state index in [2.05, 4.69) is 24.1 Å². The van der Waals surface area contributed by atoms with Crippen LogP contribution in [0.1, 0.15) is 54.1 Å². The summed E-state index contributed by atoms with van der Waals surface area (Å²) >= 11 is 0. The Morgan fingerprint density at radius 2 is 1.88 bits per heavy atom. The molecule has 7 heteroatoms. The summed E-state index contributed by atoms with van der Waals surface area (Å²) in [7, 11) is 1.54. The molecule has 2 aliphatic rings. The topological polar surface area (TPSA) is 75.0 Å². The van der Waals surface area contributed by atoms with Gasteiger partial charge in [-0.25, -0.2) is 0 Å². The number of carbonyl (C=O) groups excluding carboxylic acids is 1. The van der Waals surface area contributed by atoms with Crippen molar-refractivity contribution in [1.82, 2.24) is 9.96 Å². The van der Waals surface area contributed by atoms with Crippen molar-refractivity contribution in [3.05, 3.63) is 75.6 Å². The lowest BCUT2D eigenvalue weighted by molar-refractivity contribution is -0.169. The lowest BCUT2D eigenvalue weighted by Gasteiger charge is -2.50. The second-order valence-corrected chi connectivity index (χ2v) is 9.26. The number of nitrogens with one attached hydrogen (secondary N) is 1. The van der Waals surface area contributed by atoms with E-state index in [1.54, 1.807) is 6.26 Å². The van der Waals surface area contributed by atoms with E-state index in [-0.39, 0.29) is 11.3 Å². The molecule has 33 heavy (non-hydrogen) atoms. The molecule has 0 atom stereocenters. The zero-order valence-corrected chi connectivity index (χ0v) is 19.3. The molecule has 1 amide bonds. The third-order valence-corrected chi connectivity index (χ3v) is 6.89. The largest absolute Gasteiger partial charge is 0.464 e. The number of carbonyl (C=O) groups is 1. The first kappa shape index (κ1) is 21.7. The first-order chi connectivity index (χ1) is 15.9. The minimum Gasteiger partial charge on any atom is -0.464 e. The fourth-order valence-corrected chi connectivity index (χ4v) is 4.95. The van der Waals surface area contributed by atoms with Gasteiger partial charge in [0.1, 0.15) is 11.2 Å². The van der Waals surface area contributed by atoms with Gasteiger partial charge in [0.2, 0.25) is 0 Å². The highest BCUT2D eigenvalue weighted by Crippen LogP contribution is 2.38. The summed E-state index contributed by atoms with van der Waals surface area (Å²) in [5, 5.41) is 5.66. The number of benzene rings is 2. The maximum absolute atomic E-state index is 13.2. The van der Waals surface area contributed by atoms with Crippen LogP contribution in [0.2, 0.25) is 0 Å². The van der Waals surface area contributed by atoms with Crippen LogP contribution in [0.4, 0.5) is 5.69 Å². The molecule has 3 heterocycles. The SMILES string of the molecule is CON1C(=O)c2ccccc2NC12CCN(Cc1coc3ccc(C(C)C)cc3c1=O)CC2. The molecule has 0 aliphatic carbocycles. The fraction of sp³-hybridized carbons (Fsp3) is 0.385. The van der Waals surface area contributed by atoms with Gasteiger partial charge in [-0.2, -0.15) is 5.06 Å². The Bertz CT molecular complexity index is 1260. The third kappa shape index (κ3) is 3.71. The van der Waals surface area contributed by atoms with Crippen LogP contribution in [0, 0.1) is 0 Å². The maximum Gasteiger partial charge on any atom is 0.281 e. The van der Waals surface area contributed by atoms with Crippen LogP contribution in [0.5, 0.6) is 0 Å². The Hall–Kier alpha value is -3.16. The predicted octanol–water partition coefficient (Wildman–Crippen LogP) is 4.34. The number of hydrogen-bond acceptors (Lipinski definition) is 6. The van der Waals surface area contributed by atoms with Crippen molar-refractivity contribution in [3.8, 4) is 0 Å². The van der Waals surface area contributed by atoms with Crippen LogP contribution < -0.4 is 10.7 Å². The van der Waals surface area contributed by atoms with Gasteiger partial charge in [0, 0.05) is 43.7 Å². The van der Waals surface area contributed by atoms with Crippen molar-refractivity contribution in [2.24, 2.45) is 0 Å². The summed E-state index contributed by atoms with van der Waals surface area (Å²) in [6, 6.07) is 13.4. The van der Waals surface area contributed by atoms with E-state index in [0.29, 0.717) is 60.5 Å². The molecule has 3 aromatic rings. The molecule has 2 aliphatic heterocycles. The van der Waals surface area contributed by atoms with Crippen molar-refractivity contribution in [3.63, 3.8) is 0 Å². The second kappa shape index (κ2) is 8.32. The average molecular weight is 448 g/mol. The Morgan fingerprint density at radius 1 is 1.12 bits per heavy atom. The minimum absolute atomic E-state index is 0.0254. The van der Waals surface area contributed by atoms with Gasteiger partial charge < -0.3 is 9.73 Å². The number of hydroxylamine groups is 2. The van der Waals surface area contributed by atoms with Gasteiger partial charge in [-0.3, -0.25) is 19.3 Å². The van der Waals surface area contributed by atoms with Crippen molar-refractivity contribution >= 4 is 22.6 Å². The smallest absolute Gasteiger partial charge is 0.281 e. The average Bonchev–Trinajstić information content (AvgIpc) is 2.82. The zero-order chi connectivity index (χ0) is 23.2. The Labute approximate surface area is 192 Å². The standard InChI is InChI=1S/C26H29N3O4/c1-17(2)18-8-9-23-21(14-18)24(30)19(16-33-23)15-28-12-10-26(11-13-28)27-22-7-5-4-6-20(22)25(31)29(26)32-3/h4-9,14,16-17,27H,10-13,15H2,1-3H3. The zero-order valence-electron chi connectivity index (χ0n) is 19.3. The summed E-state index contributed by atoms with van der Waals surface area (Å²) in [6.45, 7) is 6.17. The molecule has 0 unspecified atom stereocenters. The first-order valence-corrected chi connectivity index (χ1v) is 11.4. The number of anilines is 1. The van der Waals surface area contributed by atoms with Crippen LogP contribution in [0.3, 0.4) is 0 Å². The predicted molar refractivity (Wildman–Crippen MR) is 127 cm³/mol. The molecule has 1 aromatic heterocycles. The summed E-state index contributed by atoms with van der Waals surface area (Å²) < 4.78 is 5.79. The quantitative estimate of drug-likeness (QED) is 0.641. The lowest BCUT2D eigenvalue weighted by atomic mass is 9.91. The summed E-state index contributed by atoms with van der Waals surface area (Å²) in [5.74, 6) is 0.215. The van der Waals surface area contributed by atoms with Crippen LogP contribution in [0.25, 0.3) is 11.0 Å². The molecule has 1 spiro atoms.